The molecule has 1 unspecified atom stereocenters. The maximum atomic E-state index is 5.70. The van der Waals surface area contributed by atoms with E-state index in [0.29, 0.717) is 13.2 Å². The van der Waals surface area contributed by atoms with Gasteiger partial charge in [-0.05, 0) is 6.92 Å². The molecule has 1 rings (SSSR count). The van der Waals surface area contributed by atoms with Crippen molar-refractivity contribution in [3.05, 3.63) is 11.9 Å². The number of ether oxygens (including phenoxy) is 2. The van der Waals surface area contributed by atoms with Gasteiger partial charge >= 0.3 is 0 Å². The van der Waals surface area contributed by atoms with Crippen molar-refractivity contribution in [2.24, 2.45) is 5.73 Å². The van der Waals surface area contributed by atoms with Crippen molar-refractivity contribution in [3.63, 3.8) is 0 Å². The van der Waals surface area contributed by atoms with Crippen LogP contribution >= 0.6 is 0 Å². The molecule has 6 heteroatoms. The summed E-state index contributed by atoms with van der Waals surface area (Å²) in [6.07, 6.45) is 2.62. The minimum Gasteiger partial charge on any atom is -0.382 e. The molecule has 0 fully saturated rings. The first kappa shape index (κ1) is 13.1. The third-order valence-electron chi connectivity index (χ3n) is 2.18. The van der Waals surface area contributed by atoms with E-state index >= 15 is 0 Å². The Labute approximate surface area is 95.7 Å². The van der Waals surface area contributed by atoms with Gasteiger partial charge in [0.25, 0.3) is 0 Å². The predicted octanol–water partition coefficient (Wildman–Crippen LogP) is 0.00170. The molecule has 0 amide bonds. The second-order valence-electron chi connectivity index (χ2n) is 3.94. The number of aromatic nitrogens is 3. The van der Waals surface area contributed by atoms with Gasteiger partial charge in [-0.2, -0.15) is 0 Å². The number of hydrogen-bond acceptors (Lipinski definition) is 5. The normalized spacial score (nSPS) is 13.3. The summed E-state index contributed by atoms with van der Waals surface area (Å²) in [6, 6.07) is 0.151. The van der Waals surface area contributed by atoms with E-state index in [9.17, 15) is 0 Å². The summed E-state index contributed by atoms with van der Waals surface area (Å²) in [5.41, 5.74) is 6.60. The first-order valence-electron chi connectivity index (χ1n) is 5.31. The largest absolute Gasteiger partial charge is 0.382 e. The smallest absolute Gasteiger partial charge is 0.100 e. The van der Waals surface area contributed by atoms with Crippen LogP contribution < -0.4 is 5.73 Å². The molecule has 0 aliphatic heterocycles. The number of rotatable bonds is 7. The number of methoxy groups -OCH3 is 2. The third kappa shape index (κ3) is 3.88. The van der Waals surface area contributed by atoms with Gasteiger partial charge in [-0.15, -0.1) is 5.10 Å². The summed E-state index contributed by atoms with van der Waals surface area (Å²) in [5, 5.41) is 8.12. The summed E-state index contributed by atoms with van der Waals surface area (Å²) in [6.45, 7) is 3.05. The highest BCUT2D eigenvalue weighted by Crippen LogP contribution is 2.07. The predicted molar refractivity (Wildman–Crippen MR) is 60.2 cm³/mol. The van der Waals surface area contributed by atoms with Crippen LogP contribution in [-0.2, 0) is 15.9 Å². The van der Waals surface area contributed by atoms with Gasteiger partial charge in [0, 0.05) is 32.9 Å². The lowest BCUT2D eigenvalue weighted by Gasteiger charge is -2.14. The zero-order valence-electron chi connectivity index (χ0n) is 10.1. The molecule has 0 aliphatic carbocycles. The van der Waals surface area contributed by atoms with Gasteiger partial charge in [-0.3, -0.25) is 0 Å². The highest BCUT2D eigenvalue weighted by Gasteiger charge is 2.13. The van der Waals surface area contributed by atoms with E-state index in [1.165, 1.54) is 0 Å². The summed E-state index contributed by atoms with van der Waals surface area (Å²) in [5.74, 6) is 0. The van der Waals surface area contributed by atoms with Gasteiger partial charge in [0.2, 0.25) is 0 Å². The highest BCUT2D eigenvalue weighted by atomic mass is 16.5. The van der Waals surface area contributed by atoms with Crippen LogP contribution in [0.1, 0.15) is 18.7 Å². The van der Waals surface area contributed by atoms with E-state index in [1.807, 2.05) is 13.1 Å². The molecule has 6 nitrogen and oxygen atoms in total. The summed E-state index contributed by atoms with van der Waals surface area (Å²) in [4.78, 5) is 0. The van der Waals surface area contributed by atoms with E-state index in [1.54, 1.807) is 18.9 Å². The Kier molecular flexibility index (Phi) is 5.37. The molecule has 2 N–H and O–H groups in total. The van der Waals surface area contributed by atoms with Crippen LogP contribution in [0.15, 0.2) is 6.20 Å². The third-order valence-corrected chi connectivity index (χ3v) is 2.18. The summed E-state index contributed by atoms with van der Waals surface area (Å²) >= 11 is 0. The SMILES string of the molecule is COCC(COC)n1cc(CC(C)N)nn1. The molecule has 0 saturated heterocycles. The molecule has 0 radical (unpaired) electrons. The molecule has 92 valence electrons. The Morgan fingerprint density at radius 2 is 2.00 bits per heavy atom. The average molecular weight is 228 g/mol. The fourth-order valence-corrected chi connectivity index (χ4v) is 1.50. The maximum Gasteiger partial charge on any atom is 0.100 e. The fourth-order valence-electron chi connectivity index (χ4n) is 1.50. The summed E-state index contributed by atoms with van der Waals surface area (Å²) < 4.78 is 12.0. The first-order valence-corrected chi connectivity index (χ1v) is 5.31. The first-order chi connectivity index (χ1) is 7.67. The van der Waals surface area contributed by atoms with Gasteiger partial charge in [0.15, 0.2) is 0 Å². The van der Waals surface area contributed by atoms with Crippen molar-refractivity contribution < 1.29 is 9.47 Å². The zero-order valence-corrected chi connectivity index (χ0v) is 10.1. The number of nitrogens with zero attached hydrogens (tertiary/aromatic N) is 3. The van der Waals surface area contributed by atoms with E-state index in [2.05, 4.69) is 10.3 Å². The molecule has 0 aliphatic rings. The van der Waals surface area contributed by atoms with Gasteiger partial charge < -0.3 is 15.2 Å². The van der Waals surface area contributed by atoms with Gasteiger partial charge in [-0.1, -0.05) is 5.21 Å². The molecule has 1 heterocycles. The van der Waals surface area contributed by atoms with E-state index in [0.717, 1.165) is 12.1 Å². The van der Waals surface area contributed by atoms with Gasteiger partial charge in [-0.25, -0.2) is 4.68 Å². The number of hydrogen-bond donors (Lipinski definition) is 1. The van der Waals surface area contributed by atoms with Crippen molar-refractivity contribution in [1.29, 1.82) is 0 Å². The van der Waals surface area contributed by atoms with Gasteiger partial charge in [0.1, 0.15) is 6.04 Å². The zero-order chi connectivity index (χ0) is 12.0. The Bertz CT molecular complexity index is 295. The van der Waals surface area contributed by atoms with Crippen LogP contribution in [0.5, 0.6) is 0 Å². The Hall–Kier alpha value is -0.980. The minimum atomic E-state index is 0.0596. The van der Waals surface area contributed by atoms with Crippen molar-refractivity contribution in [2.45, 2.75) is 25.4 Å². The lowest BCUT2D eigenvalue weighted by Crippen LogP contribution is -2.20. The van der Waals surface area contributed by atoms with Crippen LogP contribution in [-0.4, -0.2) is 48.5 Å². The van der Waals surface area contributed by atoms with Crippen molar-refractivity contribution >= 4 is 0 Å². The van der Waals surface area contributed by atoms with Gasteiger partial charge in [0.05, 0.1) is 18.9 Å². The van der Waals surface area contributed by atoms with Crippen molar-refractivity contribution in [3.8, 4) is 0 Å². The lowest BCUT2D eigenvalue weighted by atomic mass is 10.2. The molecule has 1 aromatic heterocycles. The maximum absolute atomic E-state index is 5.70. The quantitative estimate of drug-likeness (QED) is 0.711. The molecular formula is C10H20N4O2. The molecule has 1 aromatic rings. The Morgan fingerprint density at radius 3 is 2.50 bits per heavy atom. The van der Waals surface area contributed by atoms with Crippen LogP contribution in [0.4, 0.5) is 0 Å². The Balaban J connectivity index is 2.65. The van der Waals surface area contributed by atoms with E-state index in [4.69, 9.17) is 15.2 Å². The monoisotopic (exact) mass is 228 g/mol. The standard InChI is InChI=1S/C10H20N4O2/c1-8(11)4-9-5-14(13-12-9)10(6-15-2)7-16-3/h5,8,10H,4,6-7,11H2,1-3H3. The van der Waals surface area contributed by atoms with E-state index in [-0.39, 0.29) is 12.1 Å². The molecule has 0 bridgehead atoms. The molecule has 16 heavy (non-hydrogen) atoms. The molecular weight excluding hydrogens is 208 g/mol. The second kappa shape index (κ2) is 6.57. The second-order valence-corrected chi connectivity index (χ2v) is 3.94. The van der Waals surface area contributed by atoms with Crippen LogP contribution in [0.25, 0.3) is 0 Å². The molecule has 0 aromatic carbocycles. The molecule has 0 spiro atoms. The van der Waals surface area contributed by atoms with Crippen molar-refractivity contribution in [1.82, 2.24) is 15.0 Å². The van der Waals surface area contributed by atoms with Crippen LogP contribution in [0.3, 0.4) is 0 Å². The summed E-state index contributed by atoms with van der Waals surface area (Å²) in [7, 11) is 3.31. The average Bonchev–Trinajstić information content (AvgIpc) is 2.65. The fraction of sp³-hybridized carbons (Fsp3) is 0.800. The van der Waals surface area contributed by atoms with Crippen LogP contribution in [0.2, 0.25) is 0 Å². The number of nitrogens with two attached hydrogens (primary N) is 1. The highest BCUT2D eigenvalue weighted by molar-refractivity contribution is 4.95. The minimum absolute atomic E-state index is 0.0596. The van der Waals surface area contributed by atoms with Crippen LogP contribution in [0, 0.1) is 0 Å². The molecule has 1 atom stereocenters. The lowest BCUT2D eigenvalue weighted by molar-refractivity contribution is 0.0830. The Morgan fingerprint density at radius 1 is 1.38 bits per heavy atom. The topological polar surface area (TPSA) is 75.2 Å². The van der Waals surface area contributed by atoms with Crippen molar-refractivity contribution in [2.75, 3.05) is 27.4 Å². The van der Waals surface area contributed by atoms with E-state index < -0.39 is 0 Å². The molecule has 0 saturated carbocycles.